The predicted molar refractivity (Wildman–Crippen MR) is 263 cm³/mol. The molecule has 3 atom stereocenters. The molecule has 0 radical (unpaired) electrons. The average Bonchev–Trinajstić information content (AvgIpc) is 3.21. The van der Waals surface area contributed by atoms with E-state index in [1.54, 1.807) is 0 Å². The van der Waals surface area contributed by atoms with Crippen LogP contribution in [0.4, 0.5) is 0 Å². The zero-order valence-corrected chi connectivity index (χ0v) is 40.8. The van der Waals surface area contributed by atoms with Crippen LogP contribution in [0.5, 0.6) is 0 Å². The van der Waals surface area contributed by atoms with E-state index in [1.807, 2.05) is 21.1 Å². The lowest BCUT2D eigenvalue weighted by Crippen LogP contribution is -2.46. The molecule has 0 spiro atoms. The predicted octanol–water partition coefficient (Wildman–Crippen LogP) is 14.1. The zero-order valence-electron chi connectivity index (χ0n) is 39.9. The van der Waals surface area contributed by atoms with E-state index in [9.17, 15) is 19.4 Å². The van der Waals surface area contributed by atoms with E-state index < -0.39 is 20.0 Å². The number of likely N-dealkylation sites (N-methyl/N-ethyl adjacent to an activating group) is 1. The van der Waals surface area contributed by atoms with Gasteiger partial charge >= 0.3 is 7.82 Å². The molecule has 0 bridgehead atoms. The summed E-state index contributed by atoms with van der Waals surface area (Å²) >= 11 is 0. The molecule has 1 amide bonds. The Bertz CT molecular complexity index is 1260. The Labute approximate surface area is 376 Å². The topological polar surface area (TPSA) is 105 Å². The molecule has 0 heterocycles. The summed E-state index contributed by atoms with van der Waals surface area (Å²) < 4.78 is 23.4. The van der Waals surface area contributed by atoms with Crippen LogP contribution in [0.3, 0.4) is 0 Å². The smallest absolute Gasteiger partial charge is 0.391 e. The summed E-state index contributed by atoms with van der Waals surface area (Å²) in [4.78, 5) is 22.9. The second kappa shape index (κ2) is 43.0. The van der Waals surface area contributed by atoms with Gasteiger partial charge in [-0.2, -0.15) is 0 Å². The van der Waals surface area contributed by atoms with Gasteiger partial charge in [-0.1, -0.05) is 195 Å². The minimum atomic E-state index is -4.30. The van der Waals surface area contributed by atoms with Gasteiger partial charge in [0.15, 0.2) is 0 Å². The van der Waals surface area contributed by atoms with Crippen LogP contribution in [-0.4, -0.2) is 73.4 Å². The Kier molecular flexibility index (Phi) is 41.3. The van der Waals surface area contributed by atoms with Crippen molar-refractivity contribution in [3.63, 3.8) is 0 Å². The fourth-order valence-corrected chi connectivity index (χ4v) is 7.29. The number of aliphatic hydroxyl groups excluding tert-OH is 1. The summed E-state index contributed by atoms with van der Waals surface area (Å²) in [5.74, 6) is -0.159. The Balaban J connectivity index is 3.85. The van der Waals surface area contributed by atoms with Crippen LogP contribution in [0.2, 0.25) is 0 Å². The summed E-state index contributed by atoms with van der Waals surface area (Å²) in [6.07, 6.45) is 59.8. The molecule has 0 aromatic carbocycles. The van der Waals surface area contributed by atoms with Crippen LogP contribution < -0.4 is 5.32 Å². The van der Waals surface area contributed by atoms with Gasteiger partial charge in [0.25, 0.3) is 0 Å². The molecule has 0 saturated carbocycles. The van der Waals surface area contributed by atoms with Gasteiger partial charge < -0.3 is 19.8 Å². The van der Waals surface area contributed by atoms with E-state index in [4.69, 9.17) is 9.05 Å². The van der Waals surface area contributed by atoms with Crippen LogP contribution in [-0.2, 0) is 18.4 Å². The third kappa shape index (κ3) is 45.5. The molecule has 0 fully saturated rings. The number of unbranched alkanes of at least 4 members (excludes halogenated alkanes) is 16. The molecular weight excluding hydrogens is 780 g/mol. The zero-order chi connectivity index (χ0) is 45.0. The van der Waals surface area contributed by atoms with Gasteiger partial charge in [-0.05, 0) is 70.6 Å². The molecule has 0 aliphatic carbocycles. The van der Waals surface area contributed by atoms with Crippen molar-refractivity contribution in [2.75, 3.05) is 40.9 Å². The van der Waals surface area contributed by atoms with Crippen LogP contribution in [0.1, 0.15) is 187 Å². The summed E-state index contributed by atoms with van der Waals surface area (Å²) in [5.41, 5.74) is 0. The number of rotatable bonds is 43. The fraction of sp³-hybridized carbons (Fsp3) is 0.712. The van der Waals surface area contributed by atoms with Gasteiger partial charge in [0.1, 0.15) is 13.2 Å². The van der Waals surface area contributed by atoms with Gasteiger partial charge in [-0.25, -0.2) is 4.57 Å². The largest absolute Gasteiger partial charge is 0.472 e. The molecule has 9 heteroatoms. The van der Waals surface area contributed by atoms with Crippen LogP contribution in [0, 0.1) is 0 Å². The summed E-state index contributed by atoms with van der Waals surface area (Å²) in [7, 11) is 1.60. The normalized spacial score (nSPS) is 14.9. The number of hydrogen-bond acceptors (Lipinski definition) is 5. The highest BCUT2D eigenvalue weighted by atomic mass is 31.2. The van der Waals surface area contributed by atoms with Gasteiger partial charge in [0, 0.05) is 6.42 Å². The molecule has 3 unspecified atom stereocenters. The molecule has 352 valence electrons. The molecule has 0 rings (SSSR count). The highest BCUT2D eigenvalue weighted by molar-refractivity contribution is 7.47. The van der Waals surface area contributed by atoms with Crippen molar-refractivity contribution < 1.29 is 32.9 Å². The molecular formula is C52H94N2O6P+. The first kappa shape index (κ1) is 58.7. The number of allylic oxidation sites excluding steroid dienone is 14. The highest BCUT2D eigenvalue weighted by Gasteiger charge is 2.28. The number of carbonyl (C=O) groups is 1. The SMILES string of the molecule is CC/C=C\C/C=C\C/C=C\C/C=C\C/C=C\C/C=C\C/C=C\CCCCCCCCCCCCCCCC(=O)NC(COP(=O)(O)OCC[N+](C)(C)C)C(O)CCCCCC. The van der Waals surface area contributed by atoms with Crippen molar-refractivity contribution in [3.05, 3.63) is 85.1 Å². The van der Waals surface area contributed by atoms with Gasteiger partial charge in [0.05, 0.1) is 39.9 Å². The maximum Gasteiger partial charge on any atom is 0.472 e. The lowest BCUT2D eigenvalue weighted by molar-refractivity contribution is -0.870. The van der Waals surface area contributed by atoms with E-state index in [2.05, 4.69) is 104 Å². The fourth-order valence-electron chi connectivity index (χ4n) is 6.55. The molecule has 0 aromatic heterocycles. The number of phosphoric acid groups is 1. The Hall–Kier alpha value is -2.32. The second-order valence-corrected chi connectivity index (χ2v) is 18.9. The van der Waals surface area contributed by atoms with E-state index >= 15 is 0 Å². The third-order valence-corrected chi connectivity index (χ3v) is 11.4. The number of amides is 1. The average molecular weight is 874 g/mol. The molecule has 61 heavy (non-hydrogen) atoms. The molecule has 0 aliphatic rings. The van der Waals surface area contributed by atoms with Crippen LogP contribution in [0.15, 0.2) is 85.1 Å². The van der Waals surface area contributed by atoms with Crippen LogP contribution in [0.25, 0.3) is 0 Å². The number of carbonyl (C=O) groups excluding carboxylic acids is 1. The van der Waals surface area contributed by atoms with Crippen LogP contribution >= 0.6 is 7.82 Å². The van der Waals surface area contributed by atoms with Crippen molar-refractivity contribution in [1.82, 2.24) is 5.32 Å². The maximum absolute atomic E-state index is 12.8. The Morgan fingerprint density at radius 1 is 0.574 bits per heavy atom. The quantitative estimate of drug-likeness (QED) is 0.0244. The number of hydrogen-bond donors (Lipinski definition) is 3. The maximum atomic E-state index is 12.8. The third-order valence-electron chi connectivity index (χ3n) is 10.4. The summed E-state index contributed by atoms with van der Waals surface area (Å²) in [6.45, 7) is 4.63. The summed E-state index contributed by atoms with van der Waals surface area (Å²) in [5, 5.41) is 13.7. The molecule has 0 aromatic rings. The standard InChI is InChI=1S/C52H93N2O6P/c1-6-8-10-12-13-14-15-16-17-18-19-20-21-22-23-24-25-26-27-28-29-30-31-32-33-34-35-36-37-38-39-40-41-42-44-46-52(56)53-50(51(55)45-43-11-9-7-2)49-60-61(57,58)59-48-47-54(3,4)5/h8,10,13-14,16-17,19-20,22-23,25-26,28-29,50-51,55H,6-7,9,11-12,15,18,21,24,27,30-49H2,1-5H3,(H-,53,56,57,58)/p+1/b10-8-,14-13-,17-16-,20-19-,23-22-,26-25-,29-28-. The number of nitrogens with one attached hydrogen (secondary N) is 1. The monoisotopic (exact) mass is 874 g/mol. The lowest BCUT2D eigenvalue weighted by atomic mass is 10.0. The molecule has 8 nitrogen and oxygen atoms in total. The number of phosphoric ester groups is 1. The number of aliphatic hydroxyl groups is 1. The summed E-state index contributed by atoms with van der Waals surface area (Å²) in [6, 6.07) is -0.760. The molecule has 0 aliphatic heterocycles. The first-order chi connectivity index (χ1) is 29.5. The van der Waals surface area contributed by atoms with E-state index in [0.29, 0.717) is 23.9 Å². The van der Waals surface area contributed by atoms with Gasteiger partial charge in [-0.15, -0.1) is 0 Å². The first-order valence-corrected chi connectivity index (χ1v) is 25.9. The second-order valence-electron chi connectivity index (χ2n) is 17.5. The Morgan fingerprint density at radius 3 is 1.43 bits per heavy atom. The van der Waals surface area contributed by atoms with Crippen molar-refractivity contribution >= 4 is 13.7 Å². The number of nitrogens with zero attached hydrogens (tertiary/aromatic N) is 1. The lowest BCUT2D eigenvalue weighted by Gasteiger charge is -2.26. The van der Waals surface area contributed by atoms with E-state index in [-0.39, 0.29) is 19.1 Å². The number of quaternary nitrogens is 1. The minimum Gasteiger partial charge on any atom is -0.391 e. The minimum absolute atomic E-state index is 0.0701. The van der Waals surface area contributed by atoms with Crippen molar-refractivity contribution in [2.45, 2.75) is 199 Å². The van der Waals surface area contributed by atoms with Gasteiger partial charge in [0.2, 0.25) is 5.91 Å². The van der Waals surface area contributed by atoms with Crippen molar-refractivity contribution in [1.29, 1.82) is 0 Å². The molecule has 3 N–H and O–H groups in total. The van der Waals surface area contributed by atoms with E-state index in [1.165, 1.54) is 70.6 Å². The van der Waals surface area contributed by atoms with Gasteiger partial charge in [-0.3, -0.25) is 13.8 Å². The Morgan fingerprint density at radius 2 is 0.984 bits per heavy atom. The molecule has 0 saturated heterocycles. The van der Waals surface area contributed by atoms with E-state index in [0.717, 1.165) is 89.9 Å². The van der Waals surface area contributed by atoms with Crippen molar-refractivity contribution in [3.8, 4) is 0 Å². The first-order valence-electron chi connectivity index (χ1n) is 24.5. The highest BCUT2D eigenvalue weighted by Crippen LogP contribution is 2.43. The van der Waals surface area contributed by atoms with Crippen molar-refractivity contribution in [2.24, 2.45) is 0 Å².